The molecule has 5 unspecified atom stereocenters. The molecule has 0 spiro atoms. The zero-order valence-corrected chi connectivity index (χ0v) is 26.0. The number of aliphatic carboxylic acids is 1. The molecule has 1 N–H and O–H groups in total. The average Bonchev–Trinajstić information content (AvgIpc) is 2.96. The molecule has 5 fully saturated rings. The van der Waals surface area contributed by atoms with E-state index in [9.17, 15) is 14.7 Å². The van der Waals surface area contributed by atoms with Crippen LogP contribution in [0.25, 0.3) is 16.6 Å². The van der Waals surface area contributed by atoms with Crippen molar-refractivity contribution in [1.82, 2.24) is 19.4 Å². The van der Waals surface area contributed by atoms with Crippen LogP contribution in [0.5, 0.6) is 0 Å². The number of carboxylic acids is 1. The summed E-state index contributed by atoms with van der Waals surface area (Å²) in [5.74, 6) is 1.48. The number of para-hydroxylation sites is 2. The van der Waals surface area contributed by atoms with E-state index in [1.165, 1.54) is 64.2 Å². The van der Waals surface area contributed by atoms with E-state index < -0.39 is 11.4 Å². The molecule has 7 nitrogen and oxygen atoms in total. The number of benzene rings is 1. The van der Waals surface area contributed by atoms with Crippen molar-refractivity contribution in [2.75, 3.05) is 19.6 Å². The minimum absolute atomic E-state index is 0.00710. The first-order valence-corrected chi connectivity index (χ1v) is 16.9. The van der Waals surface area contributed by atoms with Crippen LogP contribution in [0.15, 0.2) is 47.4 Å². The lowest BCUT2D eigenvalue weighted by Crippen LogP contribution is -2.56. The molecular weight excluding hydrogens is 536 g/mol. The number of hydrogen-bond acceptors (Lipinski definition) is 5. The van der Waals surface area contributed by atoms with Crippen molar-refractivity contribution in [2.45, 2.75) is 103 Å². The Morgan fingerprint density at radius 1 is 0.977 bits per heavy atom. The van der Waals surface area contributed by atoms with Crippen LogP contribution in [0.2, 0.25) is 0 Å². The summed E-state index contributed by atoms with van der Waals surface area (Å²) in [5, 5.41) is 9.70. The molecule has 4 heterocycles. The molecule has 3 aliphatic heterocycles. The fourth-order valence-electron chi connectivity index (χ4n) is 9.37. The van der Waals surface area contributed by atoms with Gasteiger partial charge in [-0.2, -0.15) is 0 Å². The lowest BCUT2D eigenvalue weighted by atomic mass is 9.68. The molecule has 5 atom stereocenters. The molecule has 4 bridgehead atoms. The van der Waals surface area contributed by atoms with Gasteiger partial charge in [-0.3, -0.25) is 14.5 Å². The van der Waals surface area contributed by atoms with E-state index in [1.54, 1.807) is 13.8 Å². The van der Waals surface area contributed by atoms with Crippen LogP contribution < -0.4 is 5.56 Å². The lowest BCUT2D eigenvalue weighted by Gasteiger charge is -2.53. The van der Waals surface area contributed by atoms with Crippen molar-refractivity contribution >= 4 is 22.6 Å². The highest BCUT2D eigenvalue weighted by molar-refractivity contribution is 5.78. The number of fused-ring (bicyclic) bond motifs is 8. The summed E-state index contributed by atoms with van der Waals surface area (Å²) < 4.78 is 2.14. The van der Waals surface area contributed by atoms with E-state index >= 15 is 0 Å². The van der Waals surface area contributed by atoms with E-state index in [2.05, 4.69) is 15.5 Å². The maximum absolute atomic E-state index is 14.6. The van der Waals surface area contributed by atoms with Gasteiger partial charge in [0.15, 0.2) is 0 Å². The highest BCUT2D eigenvalue weighted by atomic mass is 16.4. The number of carbonyl (C=O) groups is 1. The summed E-state index contributed by atoms with van der Waals surface area (Å²) in [6.45, 7) is 5.44. The molecule has 1 aromatic heterocycles. The van der Waals surface area contributed by atoms with Gasteiger partial charge in [-0.15, -0.1) is 0 Å². The summed E-state index contributed by atoms with van der Waals surface area (Å²) in [6.07, 6.45) is 20.3. The number of hydrogen-bond donors (Lipinski definition) is 1. The predicted molar refractivity (Wildman–Crippen MR) is 171 cm³/mol. The minimum atomic E-state index is -0.898. The van der Waals surface area contributed by atoms with Crippen LogP contribution in [0, 0.1) is 23.2 Å². The van der Waals surface area contributed by atoms with Gasteiger partial charge in [0.2, 0.25) is 0 Å². The Balaban J connectivity index is 1.22. The molecule has 2 aromatic rings. The molecule has 6 aliphatic rings. The molecule has 3 saturated carbocycles. The van der Waals surface area contributed by atoms with Gasteiger partial charge in [-0.1, -0.05) is 50.3 Å². The fraction of sp³-hybridized carbons (Fsp3) is 0.639. The second-order valence-corrected chi connectivity index (χ2v) is 15.0. The fourth-order valence-corrected chi connectivity index (χ4v) is 9.37. The summed E-state index contributed by atoms with van der Waals surface area (Å²) in [7, 11) is 0. The molecule has 8 rings (SSSR count). The highest BCUT2D eigenvalue weighted by Crippen LogP contribution is 2.46. The first-order valence-electron chi connectivity index (χ1n) is 16.9. The standard InChI is InChI=1S/C36H48N4O3/c1-36(2,35(42)43)23-38-16-8-12-27(21-38)33-34(41)40(31-15-6-5-14-30(31)37-33)32-20-28-13-4-3-11-26(32)22-39(28)29-18-24-9-7-10-25(17-24)19-29/h5-6,8,12,14-16,24-26,28-29,32H,3-4,7,9-11,13,17-23H2,1-2H3,(H,42,43). The average molecular weight is 585 g/mol. The summed E-state index contributed by atoms with van der Waals surface area (Å²) >= 11 is 0. The maximum Gasteiger partial charge on any atom is 0.310 e. The number of rotatable bonds is 6. The molecule has 43 heavy (non-hydrogen) atoms. The first-order chi connectivity index (χ1) is 20.8. The van der Waals surface area contributed by atoms with Crippen molar-refractivity contribution in [3.8, 4) is 0 Å². The predicted octanol–water partition coefficient (Wildman–Crippen LogP) is 6.49. The van der Waals surface area contributed by atoms with Crippen molar-refractivity contribution in [3.63, 3.8) is 0 Å². The highest BCUT2D eigenvalue weighted by Gasteiger charge is 2.44. The Hall–Kier alpha value is -2.93. The molecule has 1 aromatic carbocycles. The molecule has 230 valence electrons. The van der Waals surface area contributed by atoms with Gasteiger partial charge < -0.3 is 14.6 Å². The largest absolute Gasteiger partial charge is 0.481 e. The second kappa shape index (κ2) is 11.5. The van der Waals surface area contributed by atoms with Crippen LogP contribution in [0.1, 0.15) is 96.2 Å². The summed E-state index contributed by atoms with van der Waals surface area (Å²) in [4.78, 5) is 36.3. The number of nitrogens with zero attached hydrogens (tertiary/aromatic N) is 4. The second-order valence-electron chi connectivity index (χ2n) is 15.0. The van der Waals surface area contributed by atoms with Crippen LogP contribution in [-0.2, 0) is 4.79 Å². The van der Waals surface area contributed by atoms with E-state index in [1.807, 2.05) is 41.5 Å². The molecule has 7 heteroatoms. The van der Waals surface area contributed by atoms with E-state index in [0.717, 1.165) is 47.4 Å². The normalized spacial score (nSPS) is 31.5. The number of allylic oxidation sites excluding steroid dienone is 2. The third-order valence-corrected chi connectivity index (χ3v) is 11.5. The topological polar surface area (TPSA) is 78.7 Å². The molecule has 2 saturated heterocycles. The number of aromatic nitrogens is 2. The van der Waals surface area contributed by atoms with Crippen molar-refractivity contribution in [2.24, 2.45) is 23.2 Å². The Kier molecular flexibility index (Phi) is 7.73. The van der Waals surface area contributed by atoms with Crippen LogP contribution >= 0.6 is 0 Å². The third kappa shape index (κ3) is 5.58. The third-order valence-electron chi connectivity index (χ3n) is 11.5. The van der Waals surface area contributed by atoms with Crippen molar-refractivity contribution in [1.29, 1.82) is 0 Å². The number of piperidine rings is 1. The van der Waals surface area contributed by atoms with Gasteiger partial charge in [0, 0.05) is 43.3 Å². The first kappa shape index (κ1) is 28.8. The number of carboxylic acid groups (broad SMARTS) is 1. The van der Waals surface area contributed by atoms with Gasteiger partial charge in [0.05, 0.1) is 16.4 Å². The molecule has 0 amide bonds. The van der Waals surface area contributed by atoms with Gasteiger partial charge in [0.1, 0.15) is 5.69 Å². The quantitative estimate of drug-likeness (QED) is 0.418. The smallest absolute Gasteiger partial charge is 0.310 e. The Morgan fingerprint density at radius 2 is 1.74 bits per heavy atom. The van der Waals surface area contributed by atoms with Gasteiger partial charge >= 0.3 is 5.97 Å². The van der Waals surface area contributed by atoms with Gasteiger partial charge in [-0.05, 0) is 94.5 Å². The van der Waals surface area contributed by atoms with Crippen LogP contribution in [0.3, 0.4) is 0 Å². The van der Waals surface area contributed by atoms with Gasteiger partial charge in [-0.25, -0.2) is 4.98 Å². The monoisotopic (exact) mass is 584 g/mol. The van der Waals surface area contributed by atoms with Crippen LogP contribution in [0.4, 0.5) is 0 Å². The van der Waals surface area contributed by atoms with Crippen LogP contribution in [-0.4, -0.2) is 62.1 Å². The van der Waals surface area contributed by atoms with Gasteiger partial charge in [0.25, 0.3) is 5.56 Å². The molecule has 0 radical (unpaired) electrons. The van der Waals surface area contributed by atoms with E-state index in [-0.39, 0.29) is 11.6 Å². The van der Waals surface area contributed by atoms with E-state index in [4.69, 9.17) is 4.98 Å². The Labute approximate surface area is 255 Å². The van der Waals surface area contributed by atoms with Crippen molar-refractivity contribution in [3.05, 3.63) is 58.7 Å². The Morgan fingerprint density at radius 3 is 2.53 bits per heavy atom. The minimum Gasteiger partial charge on any atom is -0.481 e. The molecule has 3 aliphatic carbocycles. The maximum atomic E-state index is 14.6. The van der Waals surface area contributed by atoms with E-state index in [0.29, 0.717) is 30.7 Å². The summed E-state index contributed by atoms with van der Waals surface area (Å²) in [6, 6.07) is 9.59. The summed E-state index contributed by atoms with van der Waals surface area (Å²) in [5.41, 5.74) is 2.29. The SMILES string of the molecule is CC(C)(CN1C=CC=C(c2nc3ccccc3n(C3CC4CCCCC3CN4C3CC4CCCC(C4)C3)c2=O)C1)C(=O)O. The zero-order chi connectivity index (χ0) is 29.7. The molecular formula is C36H48N4O3. The van der Waals surface area contributed by atoms with Crippen molar-refractivity contribution < 1.29 is 9.90 Å². The lowest BCUT2D eigenvalue weighted by molar-refractivity contribution is -0.147. The zero-order valence-electron chi connectivity index (χ0n) is 26.0. The Bertz CT molecular complexity index is 1480.